The van der Waals surface area contributed by atoms with Crippen LogP contribution in [0.5, 0.6) is 0 Å². The van der Waals surface area contributed by atoms with Gasteiger partial charge in [-0.1, -0.05) is 6.58 Å². The van der Waals surface area contributed by atoms with E-state index in [9.17, 15) is 13.6 Å². The summed E-state index contributed by atoms with van der Waals surface area (Å²) < 4.78 is 26.6. The standard InChI is InChI=1S/C11H11F2N3O/c1-2-5-16-9(10(12)13)8(6-14-16)11(17)15-7-3-4-7/h5-7,10H,1,3-4H2,(H,15,17). The van der Waals surface area contributed by atoms with Crippen LogP contribution in [0, 0.1) is 0 Å². The maximum absolute atomic E-state index is 12.8. The van der Waals surface area contributed by atoms with Gasteiger partial charge in [0.2, 0.25) is 0 Å². The van der Waals surface area contributed by atoms with E-state index in [1.165, 1.54) is 0 Å². The second kappa shape index (κ2) is 4.51. The van der Waals surface area contributed by atoms with E-state index in [2.05, 4.69) is 22.7 Å². The van der Waals surface area contributed by atoms with Crippen molar-refractivity contribution < 1.29 is 13.6 Å². The zero-order valence-electron chi connectivity index (χ0n) is 8.99. The van der Waals surface area contributed by atoms with Gasteiger partial charge in [0.1, 0.15) is 5.69 Å². The number of alkyl halides is 2. The summed E-state index contributed by atoms with van der Waals surface area (Å²) in [5.74, 6) is -0.508. The van der Waals surface area contributed by atoms with Crippen LogP contribution >= 0.6 is 0 Å². The number of rotatable bonds is 4. The summed E-state index contributed by atoms with van der Waals surface area (Å²) in [6.45, 7) is 3.28. The number of halogens is 2. The molecule has 0 atom stereocenters. The minimum Gasteiger partial charge on any atom is -0.349 e. The van der Waals surface area contributed by atoms with Gasteiger partial charge in [-0.2, -0.15) is 5.10 Å². The average Bonchev–Trinajstić information content (AvgIpc) is 2.96. The van der Waals surface area contributed by atoms with Gasteiger partial charge in [0, 0.05) is 6.04 Å². The predicted octanol–water partition coefficient (Wildman–Crippen LogP) is 1.97. The highest BCUT2D eigenvalue weighted by molar-refractivity contribution is 5.95. The molecule has 1 aromatic heterocycles. The van der Waals surface area contributed by atoms with Crippen molar-refractivity contribution in [2.24, 2.45) is 0 Å². The first-order valence-corrected chi connectivity index (χ1v) is 5.16. The summed E-state index contributed by atoms with van der Waals surface area (Å²) >= 11 is 0. The Labute approximate surface area is 96.6 Å². The Morgan fingerprint density at radius 1 is 1.71 bits per heavy atom. The molecule has 1 aliphatic carbocycles. The summed E-state index contributed by atoms with van der Waals surface area (Å²) in [6.07, 6.45) is 1.32. The normalized spacial score (nSPS) is 14.5. The van der Waals surface area contributed by atoms with E-state index >= 15 is 0 Å². The zero-order chi connectivity index (χ0) is 12.4. The molecule has 1 N–H and O–H groups in total. The van der Waals surface area contributed by atoms with Gasteiger partial charge < -0.3 is 5.32 Å². The molecule has 0 spiro atoms. The molecular formula is C11H11F2N3O. The van der Waals surface area contributed by atoms with Crippen molar-refractivity contribution in [1.29, 1.82) is 0 Å². The average molecular weight is 239 g/mol. The van der Waals surface area contributed by atoms with E-state index in [-0.39, 0.29) is 11.6 Å². The molecule has 1 aliphatic rings. The van der Waals surface area contributed by atoms with E-state index < -0.39 is 18.0 Å². The molecule has 0 bridgehead atoms. The summed E-state index contributed by atoms with van der Waals surface area (Å²) in [5.41, 5.74) is 1.82. The van der Waals surface area contributed by atoms with Crippen LogP contribution in [0.15, 0.2) is 18.5 Å². The van der Waals surface area contributed by atoms with Gasteiger partial charge >= 0.3 is 0 Å². The van der Waals surface area contributed by atoms with E-state index in [0.717, 1.165) is 29.9 Å². The van der Waals surface area contributed by atoms with Crippen LogP contribution in [0.4, 0.5) is 8.78 Å². The summed E-state index contributed by atoms with van der Waals surface area (Å²) in [5, 5.41) is 6.34. The molecule has 1 fully saturated rings. The molecule has 0 aromatic carbocycles. The van der Waals surface area contributed by atoms with Gasteiger partial charge in [0.15, 0.2) is 0 Å². The van der Waals surface area contributed by atoms with Crippen molar-refractivity contribution in [2.45, 2.75) is 25.3 Å². The van der Waals surface area contributed by atoms with Gasteiger partial charge in [-0.25, -0.2) is 13.5 Å². The molecule has 1 saturated carbocycles. The Balaban J connectivity index is 2.31. The first-order chi connectivity index (χ1) is 8.13. The number of carbonyl (C=O) groups excluding carboxylic acids is 1. The van der Waals surface area contributed by atoms with Gasteiger partial charge in [-0.05, 0) is 12.8 Å². The minimum atomic E-state index is -2.78. The molecule has 0 unspecified atom stereocenters. The number of nitrogens with zero attached hydrogens (tertiary/aromatic N) is 2. The highest BCUT2D eigenvalue weighted by Gasteiger charge is 2.28. The number of hydrogen-bond acceptors (Lipinski definition) is 2. The quantitative estimate of drug-likeness (QED) is 0.816. The first kappa shape index (κ1) is 11.5. The lowest BCUT2D eigenvalue weighted by molar-refractivity contribution is 0.0935. The molecule has 0 saturated heterocycles. The Hall–Kier alpha value is -1.94. The fourth-order valence-electron chi connectivity index (χ4n) is 1.44. The molecule has 90 valence electrons. The van der Waals surface area contributed by atoms with Crippen LogP contribution in [0.1, 0.15) is 35.3 Å². The monoisotopic (exact) mass is 239 g/mol. The molecule has 1 heterocycles. The lowest BCUT2D eigenvalue weighted by atomic mass is 10.2. The van der Waals surface area contributed by atoms with E-state index in [1.54, 1.807) is 0 Å². The van der Waals surface area contributed by atoms with Gasteiger partial charge in [0.05, 0.1) is 18.0 Å². The third-order valence-corrected chi connectivity index (χ3v) is 2.41. The van der Waals surface area contributed by atoms with Crippen LogP contribution in [-0.4, -0.2) is 21.7 Å². The van der Waals surface area contributed by atoms with Crippen molar-refractivity contribution in [3.63, 3.8) is 0 Å². The molecule has 1 amide bonds. The van der Waals surface area contributed by atoms with Gasteiger partial charge in [-0.3, -0.25) is 4.79 Å². The number of nitrogens with one attached hydrogen (secondary N) is 1. The Kier molecular flexibility index (Phi) is 3.06. The van der Waals surface area contributed by atoms with Gasteiger partial charge in [0.25, 0.3) is 12.3 Å². The first-order valence-electron chi connectivity index (χ1n) is 5.16. The molecule has 4 nitrogen and oxygen atoms in total. The second-order valence-electron chi connectivity index (χ2n) is 3.77. The zero-order valence-corrected chi connectivity index (χ0v) is 8.99. The van der Waals surface area contributed by atoms with Crippen molar-refractivity contribution in [3.8, 4) is 0 Å². The third-order valence-electron chi connectivity index (χ3n) is 2.41. The van der Waals surface area contributed by atoms with Crippen LogP contribution in [0.25, 0.3) is 6.20 Å². The minimum absolute atomic E-state index is 0.0987. The molecule has 0 radical (unpaired) electrons. The Morgan fingerprint density at radius 2 is 2.41 bits per heavy atom. The van der Waals surface area contributed by atoms with Crippen LogP contribution in [0.2, 0.25) is 0 Å². The van der Waals surface area contributed by atoms with Crippen LogP contribution < -0.4 is 5.32 Å². The van der Waals surface area contributed by atoms with Crippen LogP contribution in [0.3, 0.4) is 0 Å². The maximum Gasteiger partial charge on any atom is 0.281 e. The van der Waals surface area contributed by atoms with Crippen molar-refractivity contribution in [3.05, 3.63) is 29.8 Å². The maximum atomic E-state index is 12.8. The summed E-state index contributed by atoms with van der Waals surface area (Å²) in [6, 6.07) is 0.117. The van der Waals surface area contributed by atoms with Crippen molar-refractivity contribution >= 4 is 12.1 Å². The third kappa shape index (κ3) is 2.42. The lowest BCUT2D eigenvalue weighted by Gasteiger charge is -2.05. The molecule has 0 aliphatic heterocycles. The highest BCUT2D eigenvalue weighted by atomic mass is 19.3. The SMILES string of the molecule is C=C=Cn1ncc(C(=O)NC2CC2)c1C(F)F. The molecular weight excluding hydrogens is 228 g/mol. The Bertz CT molecular complexity index is 485. The number of hydrogen-bond donors (Lipinski definition) is 1. The largest absolute Gasteiger partial charge is 0.349 e. The Morgan fingerprint density at radius 3 is 2.94 bits per heavy atom. The fourth-order valence-corrected chi connectivity index (χ4v) is 1.44. The summed E-state index contributed by atoms with van der Waals surface area (Å²) in [7, 11) is 0. The number of aromatic nitrogens is 2. The highest BCUT2D eigenvalue weighted by Crippen LogP contribution is 2.25. The molecule has 2 rings (SSSR count). The number of amides is 1. The smallest absolute Gasteiger partial charge is 0.281 e. The molecule has 1 aromatic rings. The fraction of sp³-hybridized carbons (Fsp3) is 0.364. The van der Waals surface area contributed by atoms with E-state index in [4.69, 9.17) is 0 Å². The second-order valence-corrected chi connectivity index (χ2v) is 3.77. The van der Waals surface area contributed by atoms with Crippen molar-refractivity contribution in [1.82, 2.24) is 15.1 Å². The van der Waals surface area contributed by atoms with Crippen molar-refractivity contribution in [2.75, 3.05) is 0 Å². The topological polar surface area (TPSA) is 46.9 Å². The van der Waals surface area contributed by atoms with Gasteiger partial charge in [-0.15, -0.1) is 5.73 Å². The van der Waals surface area contributed by atoms with E-state index in [1.807, 2.05) is 0 Å². The van der Waals surface area contributed by atoms with E-state index in [0.29, 0.717) is 0 Å². The molecule has 17 heavy (non-hydrogen) atoms. The lowest BCUT2D eigenvalue weighted by Crippen LogP contribution is -2.26. The predicted molar refractivity (Wildman–Crippen MR) is 57.6 cm³/mol. The van der Waals surface area contributed by atoms with Crippen LogP contribution in [-0.2, 0) is 0 Å². The summed E-state index contributed by atoms with van der Waals surface area (Å²) in [4.78, 5) is 11.7. The molecule has 6 heteroatoms. The number of carbonyl (C=O) groups is 1.